The molecule has 1 aliphatic rings. The molecule has 3 unspecified atom stereocenters. The number of rotatable bonds is 5. The fourth-order valence-electron chi connectivity index (χ4n) is 3.22. The van der Waals surface area contributed by atoms with Crippen molar-refractivity contribution in [3.63, 3.8) is 0 Å². The molecule has 0 bridgehead atoms. The van der Waals surface area contributed by atoms with E-state index in [0.717, 1.165) is 21.9 Å². The number of anilines is 1. The normalized spacial score (nSPS) is 22.6. The molecule has 0 N–H and O–H groups in total. The summed E-state index contributed by atoms with van der Waals surface area (Å²) in [6.07, 6.45) is 4.85. The van der Waals surface area contributed by atoms with Crippen LogP contribution in [0.1, 0.15) is 13.3 Å². The summed E-state index contributed by atoms with van der Waals surface area (Å²) in [5, 5.41) is 13.8. The maximum atomic E-state index is 12.7. The van der Waals surface area contributed by atoms with E-state index in [0.29, 0.717) is 18.0 Å². The largest absolute Gasteiger partial charge is 0.758 e. The Morgan fingerprint density at radius 3 is 2.08 bits per heavy atom. The average molecular weight is 338 g/mol. The average Bonchev–Trinajstić information content (AvgIpc) is 2.68. The van der Waals surface area contributed by atoms with Crippen molar-refractivity contribution in [2.75, 3.05) is 19.3 Å². The number of hydroxylamine groups is 1. The Bertz CT molecular complexity index is 709. The van der Waals surface area contributed by atoms with Crippen LogP contribution in [0.5, 0.6) is 5.75 Å². The van der Waals surface area contributed by atoms with Gasteiger partial charge in [-0.2, -0.15) is 0 Å². The van der Waals surface area contributed by atoms with E-state index < -0.39 is 0 Å². The summed E-state index contributed by atoms with van der Waals surface area (Å²) >= 11 is 0. The van der Waals surface area contributed by atoms with Crippen molar-refractivity contribution >= 4 is 5.69 Å². The van der Waals surface area contributed by atoms with Crippen LogP contribution in [0.15, 0.2) is 60.7 Å². The van der Waals surface area contributed by atoms with Crippen molar-refractivity contribution in [2.24, 2.45) is 5.92 Å². The van der Waals surface area contributed by atoms with Crippen molar-refractivity contribution in [1.82, 2.24) is 0 Å². The summed E-state index contributed by atoms with van der Waals surface area (Å²) in [5.74, 6) is 1.17. The van der Waals surface area contributed by atoms with Crippen LogP contribution in [0.2, 0.25) is 0 Å². The van der Waals surface area contributed by atoms with Gasteiger partial charge in [-0.15, -0.1) is 0 Å². The first-order valence-corrected chi connectivity index (χ1v) is 8.54. The molecule has 4 heteroatoms. The first-order valence-electron chi connectivity index (χ1n) is 8.54. The second-order valence-corrected chi connectivity index (χ2v) is 6.42. The molecule has 1 aliphatic carbocycles. The maximum Gasteiger partial charge on any atom is 0.118 e. The third kappa shape index (κ3) is 3.86. The third-order valence-electron chi connectivity index (χ3n) is 4.85. The van der Waals surface area contributed by atoms with Crippen LogP contribution in [-0.4, -0.2) is 26.4 Å². The van der Waals surface area contributed by atoms with Gasteiger partial charge in [-0.1, -0.05) is 43.3 Å². The Labute approximate surface area is 149 Å². The van der Waals surface area contributed by atoms with Crippen LogP contribution in [-0.2, 0) is 4.74 Å². The number of ether oxygens (including phenoxy) is 2. The number of hydrogen-bond acceptors (Lipinski definition) is 4. The fraction of sp³-hybridized carbons (Fsp3) is 0.333. The lowest BCUT2D eigenvalue weighted by Gasteiger charge is -2.42. The van der Waals surface area contributed by atoms with Gasteiger partial charge in [0.2, 0.25) is 0 Å². The van der Waals surface area contributed by atoms with E-state index in [1.807, 2.05) is 54.6 Å². The summed E-state index contributed by atoms with van der Waals surface area (Å²) in [6, 6.07) is 15.4. The van der Waals surface area contributed by atoms with Crippen molar-refractivity contribution in [3.8, 4) is 16.9 Å². The number of hydrogen-bond donors (Lipinski definition) is 0. The number of benzene rings is 2. The fourth-order valence-corrected chi connectivity index (χ4v) is 3.22. The minimum absolute atomic E-state index is 0.0880. The Hall–Kier alpha value is -2.30. The van der Waals surface area contributed by atoms with Gasteiger partial charge < -0.3 is 19.7 Å². The molecule has 0 aliphatic heterocycles. The van der Waals surface area contributed by atoms with Gasteiger partial charge in [-0.05, 0) is 41.8 Å². The summed E-state index contributed by atoms with van der Waals surface area (Å²) in [6.45, 7) is 2.11. The molecule has 0 radical (unpaired) electrons. The van der Waals surface area contributed by atoms with E-state index in [1.54, 1.807) is 14.2 Å². The first-order chi connectivity index (χ1) is 12.1. The molecule has 4 nitrogen and oxygen atoms in total. The molecule has 2 aromatic carbocycles. The Balaban J connectivity index is 1.74. The SMILES string of the molecule is COc1ccc(-c2ccc(N([O-])C3C=CC(C)C(OC)C3)cc2)cc1. The Morgan fingerprint density at radius 1 is 0.920 bits per heavy atom. The highest BCUT2D eigenvalue weighted by Crippen LogP contribution is 2.29. The monoisotopic (exact) mass is 338 g/mol. The third-order valence-corrected chi connectivity index (χ3v) is 4.85. The van der Waals surface area contributed by atoms with Gasteiger partial charge in [0.25, 0.3) is 0 Å². The summed E-state index contributed by atoms with van der Waals surface area (Å²) in [5.41, 5.74) is 2.83. The Kier molecular flexibility index (Phi) is 5.41. The zero-order chi connectivity index (χ0) is 17.8. The standard InChI is InChI=1S/C21H24NO3/c1-15-4-9-19(14-21(15)25-3)22(23)18-10-5-16(6-11-18)17-7-12-20(24-2)13-8-17/h4-13,15,19,21H,14H2,1-3H3/q-1. The topological polar surface area (TPSA) is 44.8 Å². The Morgan fingerprint density at radius 2 is 1.52 bits per heavy atom. The predicted molar refractivity (Wildman–Crippen MR) is 102 cm³/mol. The summed E-state index contributed by atoms with van der Waals surface area (Å²) in [4.78, 5) is 0. The van der Waals surface area contributed by atoms with Gasteiger partial charge in [-0.25, -0.2) is 0 Å². The van der Waals surface area contributed by atoms with Crippen molar-refractivity contribution in [2.45, 2.75) is 25.5 Å². The number of nitrogens with zero attached hydrogens (tertiary/aromatic N) is 1. The second-order valence-electron chi connectivity index (χ2n) is 6.42. The van der Waals surface area contributed by atoms with Crippen LogP contribution < -0.4 is 9.80 Å². The molecule has 0 aromatic heterocycles. The molecule has 0 spiro atoms. The second kappa shape index (κ2) is 7.72. The molecular weight excluding hydrogens is 314 g/mol. The molecule has 3 rings (SSSR count). The molecule has 0 heterocycles. The molecule has 0 amide bonds. The minimum atomic E-state index is -0.187. The first kappa shape index (κ1) is 17.5. The van der Waals surface area contributed by atoms with Crippen molar-refractivity contribution in [1.29, 1.82) is 0 Å². The highest BCUT2D eigenvalue weighted by molar-refractivity contribution is 5.67. The molecule has 0 saturated heterocycles. The van der Waals surface area contributed by atoms with Gasteiger partial charge in [-0.3, -0.25) is 0 Å². The molecule has 25 heavy (non-hydrogen) atoms. The van der Waals surface area contributed by atoms with E-state index in [1.165, 1.54) is 0 Å². The molecule has 0 saturated carbocycles. The van der Waals surface area contributed by atoms with Crippen LogP contribution >= 0.6 is 0 Å². The lowest BCUT2D eigenvalue weighted by molar-refractivity contribution is 0.0602. The molecular formula is C21H24NO3-. The van der Waals surface area contributed by atoms with E-state index in [-0.39, 0.29) is 12.1 Å². The van der Waals surface area contributed by atoms with Gasteiger partial charge in [0, 0.05) is 24.8 Å². The summed E-state index contributed by atoms with van der Waals surface area (Å²) < 4.78 is 10.7. The zero-order valence-corrected chi connectivity index (χ0v) is 14.9. The maximum absolute atomic E-state index is 12.7. The van der Waals surface area contributed by atoms with Gasteiger partial charge in [0.1, 0.15) is 5.75 Å². The van der Waals surface area contributed by atoms with Crippen LogP contribution in [0.3, 0.4) is 0 Å². The molecule has 132 valence electrons. The van der Waals surface area contributed by atoms with E-state index in [4.69, 9.17) is 9.47 Å². The molecule has 2 aromatic rings. The van der Waals surface area contributed by atoms with E-state index in [2.05, 4.69) is 13.0 Å². The minimum Gasteiger partial charge on any atom is -0.758 e. The zero-order valence-electron chi connectivity index (χ0n) is 14.9. The lowest BCUT2D eigenvalue weighted by atomic mass is 9.90. The van der Waals surface area contributed by atoms with E-state index in [9.17, 15) is 5.21 Å². The highest BCUT2D eigenvalue weighted by atomic mass is 16.5. The number of methoxy groups -OCH3 is 2. The smallest absolute Gasteiger partial charge is 0.118 e. The van der Waals surface area contributed by atoms with Gasteiger partial charge >= 0.3 is 0 Å². The van der Waals surface area contributed by atoms with Gasteiger partial charge in [0.15, 0.2) is 0 Å². The highest BCUT2D eigenvalue weighted by Gasteiger charge is 2.24. The van der Waals surface area contributed by atoms with Gasteiger partial charge in [0.05, 0.1) is 13.2 Å². The van der Waals surface area contributed by atoms with Crippen LogP contribution in [0.25, 0.3) is 11.1 Å². The van der Waals surface area contributed by atoms with Crippen LogP contribution in [0.4, 0.5) is 5.69 Å². The predicted octanol–water partition coefficient (Wildman–Crippen LogP) is 4.65. The van der Waals surface area contributed by atoms with Crippen molar-refractivity contribution < 1.29 is 9.47 Å². The van der Waals surface area contributed by atoms with E-state index >= 15 is 0 Å². The quantitative estimate of drug-likeness (QED) is 0.588. The molecule has 0 fully saturated rings. The van der Waals surface area contributed by atoms with Crippen LogP contribution in [0, 0.1) is 11.1 Å². The lowest BCUT2D eigenvalue weighted by Crippen LogP contribution is -2.37. The summed E-state index contributed by atoms with van der Waals surface area (Å²) in [7, 11) is 3.36. The molecule has 3 atom stereocenters. The van der Waals surface area contributed by atoms with Crippen molar-refractivity contribution in [3.05, 3.63) is 65.9 Å².